The van der Waals surface area contributed by atoms with Gasteiger partial charge in [0.15, 0.2) is 0 Å². The molecule has 1 aromatic heterocycles. The first-order valence-electron chi connectivity index (χ1n) is 8.07. The number of piperidine rings is 1. The van der Waals surface area contributed by atoms with E-state index in [0.29, 0.717) is 5.41 Å². The van der Waals surface area contributed by atoms with Gasteiger partial charge < -0.3 is 10.2 Å². The summed E-state index contributed by atoms with van der Waals surface area (Å²) < 4.78 is 0. The summed E-state index contributed by atoms with van der Waals surface area (Å²) in [6, 6.07) is 2.16. The predicted octanol–water partition coefficient (Wildman–Crippen LogP) is 3.60. The van der Waals surface area contributed by atoms with Gasteiger partial charge in [0.25, 0.3) is 0 Å². The molecule has 0 aromatic carbocycles. The molecule has 0 atom stereocenters. The zero-order chi connectivity index (χ0) is 14.4. The van der Waals surface area contributed by atoms with Crippen LogP contribution in [0.1, 0.15) is 52.0 Å². The number of aromatic nitrogens is 1. The lowest BCUT2D eigenvalue weighted by atomic mass is 9.78. The minimum atomic E-state index is 0.541. The largest absolute Gasteiger partial charge is 0.370 e. The van der Waals surface area contributed by atoms with E-state index in [0.717, 1.165) is 26.2 Å². The Kier molecular flexibility index (Phi) is 5.41. The summed E-state index contributed by atoms with van der Waals surface area (Å²) in [4.78, 5) is 6.86. The molecule has 1 N–H and O–H groups in total. The van der Waals surface area contributed by atoms with Crippen LogP contribution < -0.4 is 10.2 Å². The molecule has 0 unspecified atom stereocenters. The standard InChI is InChI=1S/C17H29N3/c1-4-9-18-13-15-6-10-19-14-16(15)20-11-7-17(3,5-2)8-12-20/h6,10,14,18H,4-5,7-9,11-13H2,1-3H3. The van der Waals surface area contributed by atoms with E-state index in [-0.39, 0.29) is 0 Å². The number of anilines is 1. The molecule has 0 radical (unpaired) electrons. The molecule has 0 saturated carbocycles. The van der Waals surface area contributed by atoms with E-state index in [4.69, 9.17) is 0 Å². The summed E-state index contributed by atoms with van der Waals surface area (Å²) in [7, 11) is 0. The molecule has 1 aliphatic rings. The number of nitrogens with zero attached hydrogens (tertiary/aromatic N) is 2. The van der Waals surface area contributed by atoms with Crippen LogP contribution in [0.2, 0.25) is 0 Å². The summed E-state index contributed by atoms with van der Waals surface area (Å²) >= 11 is 0. The van der Waals surface area contributed by atoms with E-state index in [1.54, 1.807) is 0 Å². The van der Waals surface area contributed by atoms with Crippen LogP contribution in [0.5, 0.6) is 0 Å². The number of nitrogens with one attached hydrogen (secondary N) is 1. The average molecular weight is 275 g/mol. The molecule has 3 nitrogen and oxygen atoms in total. The molecule has 0 bridgehead atoms. The Morgan fingerprint density at radius 2 is 2.05 bits per heavy atom. The van der Waals surface area contributed by atoms with Crippen molar-refractivity contribution < 1.29 is 0 Å². The zero-order valence-corrected chi connectivity index (χ0v) is 13.3. The number of hydrogen-bond donors (Lipinski definition) is 1. The van der Waals surface area contributed by atoms with Crippen molar-refractivity contribution in [2.75, 3.05) is 24.5 Å². The Bertz CT molecular complexity index is 408. The van der Waals surface area contributed by atoms with Crippen molar-refractivity contribution in [1.29, 1.82) is 0 Å². The van der Waals surface area contributed by atoms with Gasteiger partial charge >= 0.3 is 0 Å². The smallest absolute Gasteiger partial charge is 0.0598 e. The van der Waals surface area contributed by atoms with Gasteiger partial charge in [0.05, 0.1) is 11.9 Å². The van der Waals surface area contributed by atoms with E-state index in [1.807, 2.05) is 12.4 Å². The first kappa shape index (κ1) is 15.3. The molecular weight excluding hydrogens is 246 g/mol. The van der Waals surface area contributed by atoms with Crippen molar-refractivity contribution in [1.82, 2.24) is 10.3 Å². The Balaban J connectivity index is 2.02. The molecule has 112 valence electrons. The Labute approximate surface area is 123 Å². The third-order valence-corrected chi connectivity index (χ3v) is 4.79. The highest BCUT2D eigenvalue weighted by Gasteiger charge is 2.28. The van der Waals surface area contributed by atoms with Crippen LogP contribution in [-0.4, -0.2) is 24.6 Å². The van der Waals surface area contributed by atoms with Gasteiger partial charge in [-0.05, 0) is 42.9 Å². The normalized spacial score (nSPS) is 18.2. The molecule has 1 saturated heterocycles. The van der Waals surface area contributed by atoms with E-state index in [1.165, 1.54) is 36.9 Å². The molecule has 3 heteroatoms. The van der Waals surface area contributed by atoms with Crippen LogP contribution in [0.25, 0.3) is 0 Å². The molecule has 1 fully saturated rings. The highest BCUT2D eigenvalue weighted by molar-refractivity contribution is 5.52. The lowest BCUT2D eigenvalue weighted by Gasteiger charge is -2.40. The van der Waals surface area contributed by atoms with Crippen LogP contribution in [0.15, 0.2) is 18.5 Å². The lowest BCUT2D eigenvalue weighted by Crippen LogP contribution is -2.39. The van der Waals surface area contributed by atoms with Crippen molar-refractivity contribution in [3.05, 3.63) is 24.0 Å². The summed E-state index contributed by atoms with van der Waals surface area (Å²) in [6.07, 6.45) is 9.00. The number of pyridine rings is 1. The first-order valence-corrected chi connectivity index (χ1v) is 8.07. The summed E-state index contributed by atoms with van der Waals surface area (Å²) in [6.45, 7) is 11.3. The lowest BCUT2D eigenvalue weighted by molar-refractivity contribution is 0.238. The Morgan fingerprint density at radius 3 is 2.70 bits per heavy atom. The van der Waals surface area contributed by atoms with Gasteiger partial charge in [-0.2, -0.15) is 0 Å². The maximum Gasteiger partial charge on any atom is 0.0598 e. The zero-order valence-electron chi connectivity index (χ0n) is 13.3. The summed E-state index contributed by atoms with van der Waals surface area (Å²) in [5.74, 6) is 0. The third-order valence-electron chi connectivity index (χ3n) is 4.79. The van der Waals surface area contributed by atoms with Crippen LogP contribution in [-0.2, 0) is 6.54 Å². The maximum atomic E-state index is 4.34. The van der Waals surface area contributed by atoms with Gasteiger partial charge in [-0.15, -0.1) is 0 Å². The van der Waals surface area contributed by atoms with Crippen LogP contribution in [0.4, 0.5) is 5.69 Å². The van der Waals surface area contributed by atoms with Crippen molar-refractivity contribution >= 4 is 5.69 Å². The number of rotatable bonds is 6. The highest BCUT2D eigenvalue weighted by atomic mass is 15.1. The van der Waals surface area contributed by atoms with Crippen molar-refractivity contribution in [3.8, 4) is 0 Å². The fourth-order valence-corrected chi connectivity index (χ4v) is 2.89. The van der Waals surface area contributed by atoms with Gasteiger partial charge in [0.2, 0.25) is 0 Å². The van der Waals surface area contributed by atoms with E-state index in [2.05, 4.69) is 42.0 Å². The molecule has 1 aromatic rings. The monoisotopic (exact) mass is 275 g/mol. The Morgan fingerprint density at radius 1 is 1.30 bits per heavy atom. The van der Waals surface area contributed by atoms with Gasteiger partial charge in [-0.1, -0.05) is 27.2 Å². The molecular formula is C17H29N3. The van der Waals surface area contributed by atoms with E-state index < -0.39 is 0 Å². The third kappa shape index (κ3) is 3.72. The molecule has 2 heterocycles. The topological polar surface area (TPSA) is 28.2 Å². The average Bonchev–Trinajstić information content (AvgIpc) is 2.49. The fourth-order valence-electron chi connectivity index (χ4n) is 2.89. The minimum Gasteiger partial charge on any atom is -0.370 e. The second-order valence-electron chi connectivity index (χ2n) is 6.33. The second-order valence-corrected chi connectivity index (χ2v) is 6.33. The maximum absolute atomic E-state index is 4.34. The Hall–Kier alpha value is -1.09. The first-order chi connectivity index (χ1) is 9.68. The molecule has 2 rings (SSSR count). The van der Waals surface area contributed by atoms with Crippen molar-refractivity contribution in [2.24, 2.45) is 5.41 Å². The van der Waals surface area contributed by atoms with Crippen molar-refractivity contribution in [2.45, 2.75) is 53.0 Å². The second kappa shape index (κ2) is 7.07. The van der Waals surface area contributed by atoms with Crippen LogP contribution in [0, 0.1) is 5.41 Å². The molecule has 0 aliphatic carbocycles. The van der Waals surface area contributed by atoms with Crippen molar-refractivity contribution in [3.63, 3.8) is 0 Å². The molecule has 20 heavy (non-hydrogen) atoms. The summed E-state index contributed by atoms with van der Waals surface area (Å²) in [5, 5.41) is 3.50. The van der Waals surface area contributed by atoms with Crippen LogP contribution in [0.3, 0.4) is 0 Å². The predicted molar refractivity (Wildman–Crippen MR) is 86.1 cm³/mol. The SMILES string of the molecule is CCCNCc1ccncc1N1CCC(C)(CC)CC1. The highest BCUT2D eigenvalue weighted by Crippen LogP contribution is 2.36. The fraction of sp³-hybridized carbons (Fsp3) is 0.706. The molecule has 0 spiro atoms. The van der Waals surface area contributed by atoms with E-state index >= 15 is 0 Å². The molecule has 0 amide bonds. The van der Waals surface area contributed by atoms with Gasteiger partial charge in [0, 0.05) is 25.8 Å². The van der Waals surface area contributed by atoms with E-state index in [9.17, 15) is 0 Å². The van der Waals surface area contributed by atoms with Gasteiger partial charge in [-0.25, -0.2) is 0 Å². The number of hydrogen-bond acceptors (Lipinski definition) is 3. The quantitative estimate of drug-likeness (QED) is 0.804. The van der Waals surface area contributed by atoms with Crippen LogP contribution >= 0.6 is 0 Å². The minimum absolute atomic E-state index is 0.541. The summed E-state index contributed by atoms with van der Waals surface area (Å²) in [5.41, 5.74) is 3.25. The van der Waals surface area contributed by atoms with Gasteiger partial charge in [-0.3, -0.25) is 4.98 Å². The molecule has 1 aliphatic heterocycles. The van der Waals surface area contributed by atoms with Gasteiger partial charge in [0.1, 0.15) is 0 Å².